The van der Waals surface area contributed by atoms with Gasteiger partial charge in [0.2, 0.25) is 0 Å². The number of hydrogen-bond donors (Lipinski definition) is 1. The lowest BCUT2D eigenvalue weighted by Crippen LogP contribution is -2.46. The van der Waals surface area contributed by atoms with Crippen LogP contribution in [-0.4, -0.2) is 68.7 Å². The van der Waals surface area contributed by atoms with Crippen molar-refractivity contribution in [3.05, 3.63) is 59.7 Å². The van der Waals surface area contributed by atoms with Crippen molar-refractivity contribution in [3.8, 4) is 11.5 Å². The predicted octanol–water partition coefficient (Wildman–Crippen LogP) is 3.62. The molecule has 1 fully saturated rings. The van der Waals surface area contributed by atoms with Gasteiger partial charge < -0.3 is 19.7 Å². The third-order valence-corrected chi connectivity index (χ3v) is 5.54. The number of carbonyl (C=O) groups is 1. The molecule has 174 valence electrons. The number of ether oxygens (including phenoxy) is 2. The van der Waals surface area contributed by atoms with Gasteiger partial charge in [-0.25, -0.2) is 0 Å². The quantitative estimate of drug-likeness (QED) is 0.534. The summed E-state index contributed by atoms with van der Waals surface area (Å²) in [6.45, 7) is 3.89. The maximum absolute atomic E-state index is 12.4. The maximum Gasteiger partial charge on any atom is 0.387 e. The number of alkyl halides is 2. The molecule has 3 rings (SSSR count). The fraction of sp³-hybridized carbons (Fsp3) is 0.458. The zero-order valence-corrected chi connectivity index (χ0v) is 18.4. The van der Waals surface area contributed by atoms with Gasteiger partial charge in [-0.15, -0.1) is 0 Å². The van der Waals surface area contributed by atoms with Gasteiger partial charge in [0, 0.05) is 44.8 Å². The Morgan fingerprint density at radius 2 is 1.72 bits per heavy atom. The van der Waals surface area contributed by atoms with Gasteiger partial charge in [0.1, 0.15) is 0 Å². The molecule has 0 radical (unpaired) electrons. The Kier molecular flexibility index (Phi) is 9.25. The maximum atomic E-state index is 12.4. The molecule has 2 aromatic carbocycles. The molecule has 6 nitrogen and oxygen atoms in total. The minimum Gasteiger partial charge on any atom is -0.493 e. The summed E-state index contributed by atoms with van der Waals surface area (Å²) in [4.78, 5) is 17.3. The molecule has 2 aromatic rings. The van der Waals surface area contributed by atoms with Crippen molar-refractivity contribution in [2.45, 2.75) is 26.0 Å². The molecule has 0 unspecified atom stereocenters. The average Bonchev–Trinajstić information content (AvgIpc) is 2.80. The fourth-order valence-corrected chi connectivity index (χ4v) is 3.78. The summed E-state index contributed by atoms with van der Waals surface area (Å²) >= 11 is 0. The van der Waals surface area contributed by atoms with E-state index in [0.29, 0.717) is 12.1 Å². The number of hydrogen-bond acceptors (Lipinski definition) is 5. The fourth-order valence-electron chi connectivity index (χ4n) is 3.78. The van der Waals surface area contributed by atoms with Crippen molar-refractivity contribution < 1.29 is 23.0 Å². The van der Waals surface area contributed by atoms with E-state index in [1.54, 1.807) is 0 Å². The van der Waals surface area contributed by atoms with Crippen molar-refractivity contribution in [1.82, 2.24) is 15.1 Å². The van der Waals surface area contributed by atoms with Crippen LogP contribution in [0.1, 0.15) is 28.8 Å². The normalized spacial score (nSPS) is 15.0. The smallest absolute Gasteiger partial charge is 0.387 e. The summed E-state index contributed by atoms with van der Waals surface area (Å²) < 4.78 is 34.2. The zero-order valence-electron chi connectivity index (χ0n) is 18.4. The second-order valence-corrected chi connectivity index (χ2v) is 7.81. The molecule has 0 aromatic heterocycles. The Bertz CT molecular complexity index is 844. The summed E-state index contributed by atoms with van der Waals surface area (Å²) in [6.07, 6.45) is 1.88. The lowest BCUT2D eigenvalue weighted by molar-refractivity contribution is -0.0512. The Hall–Kier alpha value is -2.71. The van der Waals surface area contributed by atoms with Crippen LogP contribution in [0.5, 0.6) is 11.5 Å². The number of nitrogens with zero attached hydrogens (tertiary/aromatic N) is 2. The number of methoxy groups -OCH3 is 1. The highest BCUT2D eigenvalue weighted by atomic mass is 19.3. The van der Waals surface area contributed by atoms with Gasteiger partial charge in [-0.2, -0.15) is 8.78 Å². The molecule has 1 saturated heterocycles. The first kappa shape index (κ1) is 23.9. The van der Waals surface area contributed by atoms with E-state index in [9.17, 15) is 13.6 Å². The van der Waals surface area contributed by atoms with Crippen LogP contribution in [-0.2, 0) is 6.54 Å². The van der Waals surface area contributed by atoms with Gasteiger partial charge in [0.05, 0.1) is 7.11 Å². The van der Waals surface area contributed by atoms with E-state index in [2.05, 4.69) is 44.1 Å². The van der Waals surface area contributed by atoms with Gasteiger partial charge in [-0.05, 0) is 43.1 Å². The number of unbranched alkanes of at least 4 members (excludes halogenated alkanes) is 1. The van der Waals surface area contributed by atoms with Crippen LogP contribution >= 0.6 is 0 Å². The molecule has 32 heavy (non-hydrogen) atoms. The van der Waals surface area contributed by atoms with E-state index in [1.165, 1.54) is 30.9 Å². The van der Waals surface area contributed by atoms with Crippen molar-refractivity contribution in [2.24, 2.45) is 0 Å². The molecule has 1 heterocycles. The summed E-state index contributed by atoms with van der Waals surface area (Å²) in [5.74, 6) is -0.256. The highest BCUT2D eigenvalue weighted by Gasteiger charge is 2.17. The monoisotopic (exact) mass is 447 g/mol. The van der Waals surface area contributed by atoms with Crippen LogP contribution in [0.3, 0.4) is 0 Å². The van der Waals surface area contributed by atoms with Gasteiger partial charge in [-0.1, -0.05) is 30.3 Å². The van der Waals surface area contributed by atoms with E-state index in [-0.39, 0.29) is 17.4 Å². The number of carbonyl (C=O) groups excluding carboxylic acids is 1. The molecule has 0 atom stereocenters. The molecule has 0 bridgehead atoms. The molecule has 0 spiro atoms. The summed E-state index contributed by atoms with van der Waals surface area (Å²) in [5.41, 5.74) is 1.70. The summed E-state index contributed by atoms with van der Waals surface area (Å²) in [7, 11) is 1.34. The van der Waals surface area contributed by atoms with Crippen LogP contribution in [0.25, 0.3) is 0 Å². The SMILES string of the molecule is COc1cc(C(=O)NCCCCN2CCN(Cc3ccccc3)CC2)ccc1OC(F)F. The number of nitrogens with one attached hydrogen (secondary N) is 1. The van der Waals surface area contributed by atoms with Crippen LogP contribution in [0.4, 0.5) is 8.78 Å². The van der Waals surface area contributed by atoms with Crippen molar-refractivity contribution in [2.75, 3.05) is 46.4 Å². The number of piperazine rings is 1. The molecule has 0 saturated carbocycles. The van der Waals surface area contributed by atoms with Crippen LogP contribution < -0.4 is 14.8 Å². The first-order chi connectivity index (χ1) is 15.5. The van der Waals surface area contributed by atoms with Gasteiger partial charge in [-0.3, -0.25) is 9.69 Å². The Labute approximate surface area is 188 Å². The van der Waals surface area contributed by atoms with E-state index in [0.717, 1.165) is 52.1 Å². The first-order valence-electron chi connectivity index (χ1n) is 10.9. The lowest BCUT2D eigenvalue weighted by atomic mass is 10.1. The van der Waals surface area contributed by atoms with Gasteiger partial charge >= 0.3 is 6.61 Å². The molecule has 1 aliphatic heterocycles. The largest absolute Gasteiger partial charge is 0.493 e. The number of amides is 1. The molecule has 0 aliphatic carbocycles. The minimum absolute atomic E-state index is 0.0945. The van der Waals surface area contributed by atoms with E-state index in [1.807, 2.05) is 6.07 Å². The highest BCUT2D eigenvalue weighted by molar-refractivity contribution is 5.94. The standard InChI is InChI=1S/C24H31F2N3O3/c1-31-22-17-20(9-10-21(22)32-24(25)26)23(30)27-11-5-6-12-28-13-15-29(16-14-28)18-19-7-3-2-4-8-19/h2-4,7-10,17,24H,5-6,11-16,18H2,1H3,(H,27,30). The molecule has 8 heteroatoms. The Morgan fingerprint density at radius 3 is 2.41 bits per heavy atom. The van der Waals surface area contributed by atoms with Gasteiger partial charge in [0.15, 0.2) is 11.5 Å². The highest BCUT2D eigenvalue weighted by Crippen LogP contribution is 2.29. The molecule has 1 amide bonds. The van der Waals surface area contributed by atoms with Crippen molar-refractivity contribution >= 4 is 5.91 Å². The third-order valence-electron chi connectivity index (χ3n) is 5.54. The van der Waals surface area contributed by atoms with Crippen LogP contribution in [0, 0.1) is 0 Å². The number of halogens is 2. The Balaban J connectivity index is 1.31. The topological polar surface area (TPSA) is 54.0 Å². The lowest BCUT2D eigenvalue weighted by Gasteiger charge is -2.34. The summed E-state index contributed by atoms with van der Waals surface area (Å²) in [5, 5.41) is 2.87. The average molecular weight is 448 g/mol. The van der Waals surface area contributed by atoms with E-state index in [4.69, 9.17) is 4.74 Å². The van der Waals surface area contributed by atoms with Gasteiger partial charge in [0.25, 0.3) is 5.91 Å². The Morgan fingerprint density at radius 1 is 1.00 bits per heavy atom. The second-order valence-electron chi connectivity index (χ2n) is 7.81. The number of benzene rings is 2. The number of rotatable bonds is 11. The van der Waals surface area contributed by atoms with Crippen molar-refractivity contribution in [1.29, 1.82) is 0 Å². The van der Waals surface area contributed by atoms with E-state index >= 15 is 0 Å². The predicted molar refractivity (Wildman–Crippen MR) is 119 cm³/mol. The molecule has 1 aliphatic rings. The minimum atomic E-state index is -2.95. The summed E-state index contributed by atoms with van der Waals surface area (Å²) in [6, 6.07) is 14.7. The zero-order chi connectivity index (χ0) is 22.8. The second kappa shape index (κ2) is 12.4. The van der Waals surface area contributed by atoms with Crippen LogP contribution in [0.15, 0.2) is 48.5 Å². The molecular weight excluding hydrogens is 416 g/mol. The molecular formula is C24H31F2N3O3. The third kappa shape index (κ3) is 7.46. The molecule has 1 N–H and O–H groups in total. The van der Waals surface area contributed by atoms with Crippen LogP contribution in [0.2, 0.25) is 0 Å². The van der Waals surface area contributed by atoms with E-state index < -0.39 is 6.61 Å². The van der Waals surface area contributed by atoms with Crippen molar-refractivity contribution in [3.63, 3.8) is 0 Å². The first-order valence-corrected chi connectivity index (χ1v) is 10.9.